The van der Waals surface area contributed by atoms with Gasteiger partial charge < -0.3 is 5.11 Å². The first kappa shape index (κ1) is 12.0. The highest BCUT2D eigenvalue weighted by Gasteiger charge is 2.42. The van der Waals surface area contributed by atoms with Crippen molar-refractivity contribution in [2.75, 3.05) is 13.1 Å². The second kappa shape index (κ2) is 4.84. The fourth-order valence-corrected chi connectivity index (χ4v) is 2.43. The molecule has 1 saturated heterocycles. The first-order chi connectivity index (χ1) is 8.13. The number of hydrogen-bond acceptors (Lipinski definition) is 3. The fourth-order valence-electron chi connectivity index (χ4n) is 2.43. The number of pyridine rings is 1. The van der Waals surface area contributed by atoms with Crippen molar-refractivity contribution in [2.24, 2.45) is 0 Å². The summed E-state index contributed by atoms with van der Waals surface area (Å²) in [4.78, 5) is 17.4. The average Bonchev–Trinajstić information content (AvgIpc) is 2.71. The van der Waals surface area contributed by atoms with E-state index >= 15 is 0 Å². The van der Waals surface area contributed by atoms with Gasteiger partial charge in [0.1, 0.15) is 5.54 Å². The predicted octanol–water partition coefficient (Wildman–Crippen LogP) is 1.56. The van der Waals surface area contributed by atoms with Gasteiger partial charge in [-0.25, -0.2) is 0 Å². The van der Waals surface area contributed by atoms with Crippen molar-refractivity contribution in [3.8, 4) is 0 Å². The lowest BCUT2D eigenvalue weighted by atomic mass is 9.99. The lowest BCUT2D eigenvalue weighted by Crippen LogP contribution is -2.48. The molecule has 1 aliphatic rings. The van der Waals surface area contributed by atoms with Crippen molar-refractivity contribution in [1.29, 1.82) is 0 Å². The van der Waals surface area contributed by atoms with E-state index in [2.05, 4.69) is 9.88 Å². The predicted molar refractivity (Wildman–Crippen MR) is 64.8 cm³/mol. The molecule has 1 aliphatic heterocycles. The second-order valence-electron chi connectivity index (χ2n) is 4.78. The Bertz CT molecular complexity index is 394. The summed E-state index contributed by atoms with van der Waals surface area (Å²) in [6, 6.07) is 3.94. The molecule has 1 aromatic rings. The Morgan fingerprint density at radius 2 is 2.47 bits per heavy atom. The molecule has 1 fully saturated rings. The van der Waals surface area contributed by atoms with Crippen molar-refractivity contribution in [3.63, 3.8) is 0 Å². The van der Waals surface area contributed by atoms with Crippen LogP contribution in [0.5, 0.6) is 0 Å². The Labute approximate surface area is 101 Å². The van der Waals surface area contributed by atoms with Crippen LogP contribution in [0.3, 0.4) is 0 Å². The van der Waals surface area contributed by atoms with Gasteiger partial charge in [0.25, 0.3) is 0 Å². The third-order valence-electron chi connectivity index (χ3n) is 3.64. The quantitative estimate of drug-likeness (QED) is 0.859. The van der Waals surface area contributed by atoms with Crippen LogP contribution in [-0.2, 0) is 11.2 Å². The van der Waals surface area contributed by atoms with E-state index in [1.54, 1.807) is 6.20 Å². The highest BCUT2D eigenvalue weighted by molar-refractivity contribution is 5.78. The van der Waals surface area contributed by atoms with Crippen molar-refractivity contribution in [1.82, 2.24) is 9.88 Å². The summed E-state index contributed by atoms with van der Waals surface area (Å²) in [7, 11) is 0. The summed E-state index contributed by atoms with van der Waals surface area (Å²) in [5, 5.41) is 9.29. The van der Waals surface area contributed by atoms with Gasteiger partial charge in [0, 0.05) is 18.9 Å². The molecular weight excluding hydrogens is 216 g/mol. The van der Waals surface area contributed by atoms with Gasteiger partial charge in [0.05, 0.1) is 0 Å². The minimum atomic E-state index is -0.707. The van der Waals surface area contributed by atoms with Crippen LogP contribution in [0.4, 0.5) is 0 Å². The van der Waals surface area contributed by atoms with Gasteiger partial charge in [0.2, 0.25) is 0 Å². The smallest absolute Gasteiger partial charge is 0.323 e. The molecule has 4 heteroatoms. The number of nitrogens with zero attached hydrogens (tertiary/aromatic N) is 2. The summed E-state index contributed by atoms with van der Waals surface area (Å²) in [5.74, 6) is -0.707. The molecule has 2 heterocycles. The number of carboxylic acid groups (broad SMARTS) is 1. The molecule has 17 heavy (non-hydrogen) atoms. The summed E-state index contributed by atoms with van der Waals surface area (Å²) in [5.41, 5.74) is 0.481. The molecule has 0 spiro atoms. The Kier molecular flexibility index (Phi) is 3.43. The Morgan fingerprint density at radius 1 is 1.65 bits per heavy atom. The first-order valence-corrected chi connectivity index (χ1v) is 6.00. The van der Waals surface area contributed by atoms with E-state index in [4.69, 9.17) is 0 Å². The van der Waals surface area contributed by atoms with Crippen molar-refractivity contribution in [3.05, 3.63) is 30.1 Å². The number of carboxylic acids is 1. The molecule has 1 N–H and O–H groups in total. The minimum absolute atomic E-state index is 0.678. The molecule has 1 unspecified atom stereocenters. The fraction of sp³-hybridized carbons (Fsp3) is 0.538. The van der Waals surface area contributed by atoms with Gasteiger partial charge >= 0.3 is 5.97 Å². The minimum Gasteiger partial charge on any atom is -0.480 e. The van der Waals surface area contributed by atoms with E-state index in [0.717, 1.165) is 37.9 Å². The number of aliphatic carboxylic acids is 1. The summed E-state index contributed by atoms with van der Waals surface area (Å²) < 4.78 is 0. The molecule has 0 saturated carbocycles. The molecular formula is C13H18N2O2. The standard InChI is InChI=1S/C13H18N2O2/c1-13(12(16)17)6-3-8-15(13)9-5-11-4-2-7-14-10-11/h2,4,7,10H,3,5-6,8-9H2,1H3,(H,16,17). The summed E-state index contributed by atoms with van der Waals surface area (Å²) >= 11 is 0. The Balaban J connectivity index is 1.97. The molecule has 1 aromatic heterocycles. The monoisotopic (exact) mass is 234 g/mol. The number of likely N-dealkylation sites (tertiary alicyclic amines) is 1. The van der Waals surface area contributed by atoms with E-state index in [0.29, 0.717) is 0 Å². The van der Waals surface area contributed by atoms with Crippen LogP contribution < -0.4 is 0 Å². The number of rotatable bonds is 4. The second-order valence-corrected chi connectivity index (χ2v) is 4.78. The van der Waals surface area contributed by atoms with Crippen LogP contribution in [0.1, 0.15) is 25.3 Å². The maximum atomic E-state index is 11.3. The molecule has 92 valence electrons. The van der Waals surface area contributed by atoms with Crippen LogP contribution >= 0.6 is 0 Å². The lowest BCUT2D eigenvalue weighted by Gasteiger charge is -2.31. The van der Waals surface area contributed by atoms with Crippen LogP contribution in [-0.4, -0.2) is 39.6 Å². The zero-order chi connectivity index (χ0) is 12.3. The van der Waals surface area contributed by atoms with Gasteiger partial charge in [0.15, 0.2) is 0 Å². The molecule has 0 radical (unpaired) electrons. The van der Waals surface area contributed by atoms with Crippen LogP contribution in [0.25, 0.3) is 0 Å². The molecule has 4 nitrogen and oxygen atoms in total. The lowest BCUT2D eigenvalue weighted by molar-refractivity contribution is -0.148. The summed E-state index contributed by atoms with van der Waals surface area (Å²) in [6.45, 7) is 3.49. The highest BCUT2D eigenvalue weighted by atomic mass is 16.4. The molecule has 0 amide bonds. The van der Waals surface area contributed by atoms with E-state index in [1.165, 1.54) is 0 Å². The number of aromatic nitrogens is 1. The van der Waals surface area contributed by atoms with Crippen molar-refractivity contribution in [2.45, 2.75) is 31.7 Å². The highest BCUT2D eigenvalue weighted by Crippen LogP contribution is 2.29. The zero-order valence-corrected chi connectivity index (χ0v) is 10.1. The molecule has 0 aliphatic carbocycles. The van der Waals surface area contributed by atoms with Crippen LogP contribution in [0, 0.1) is 0 Å². The SMILES string of the molecule is CC1(C(=O)O)CCCN1CCc1cccnc1. The zero-order valence-electron chi connectivity index (χ0n) is 10.1. The van der Waals surface area contributed by atoms with Crippen molar-refractivity contribution < 1.29 is 9.90 Å². The number of hydrogen-bond donors (Lipinski definition) is 1. The summed E-state index contributed by atoms with van der Waals surface area (Å²) in [6.07, 6.45) is 6.16. The van der Waals surface area contributed by atoms with E-state index in [1.807, 2.05) is 25.3 Å². The Morgan fingerprint density at radius 3 is 3.12 bits per heavy atom. The van der Waals surface area contributed by atoms with Crippen LogP contribution in [0.15, 0.2) is 24.5 Å². The third kappa shape index (κ3) is 2.47. The van der Waals surface area contributed by atoms with Crippen molar-refractivity contribution >= 4 is 5.97 Å². The molecule has 0 bridgehead atoms. The van der Waals surface area contributed by atoms with E-state index in [9.17, 15) is 9.90 Å². The van der Waals surface area contributed by atoms with Gasteiger partial charge in [-0.2, -0.15) is 0 Å². The largest absolute Gasteiger partial charge is 0.480 e. The molecule has 0 aromatic carbocycles. The third-order valence-corrected chi connectivity index (χ3v) is 3.64. The van der Waals surface area contributed by atoms with E-state index < -0.39 is 11.5 Å². The molecule has 2 rings (SSSR count). The number of carbonyl (C=O) groups is 1. The van der Waals surface area contributed by atoms with Gasteiger partial charge in [-0.05, 0) is 44.4 Å². The van der Waals surface area contributed by atoms with Gasteiger partial charge in [-0.1, -0.05) is 6.07 Å². The maximum Gasteiger partial charge on any atom is 0.323 e. The average molecular weight is 234 g/mol. The normalized spacial score (nSPS) is 25.0. The van der Waals surface area contributed by atoms with Gasteiger partial charge in [-0.3, -0.25) is 14.7 Å². The molecule has 1 atom stereocenters. The van der Waals surface area contributed by atoms with Crippen LogP contribution in [0.2, 0.25) is 0 Å². The maximum absolute atomic E-state index is 11.3. The topological polar surface area (TPSA) is 53.4 Å². The van der Waals surface area contributed by atoms with Gasteiger partial charge in [-0.15, -0.1) is 0 Å². The first-order valence-electron chi connectivity index (χ1n) is 6.00. The van der Waals surface area contributed by atoms with E-state index in [-0.39, 0.29) is 0 Å². The Hall–Kier alpha value is -1.42.